The number of aryl methyl sites for hydroxylation is 1. The minimum atomic E-state index is -0.579. The molecular weight excluding hydrogens is 253 g/mol. The standard InChI is InChI=1S/C13H10FNO2S/c1-7-6-10(18-12(7)13(15)17)11(16)8-4-2-3-5-9(8)14/h2-6H,1H3,(H2,15,17). The summed E-state index contributed by atoms with van der Waals surface area (Å²) in [6.07, 6.45) is 0. The summed E-state index contributed by atoms with van der Waals surface area (Å²) in [5.74, 6) is -1.59. The normalized spacial score (nSPS) is 10.3. The van der Waals surface area contributed by atoms with Crippen LogP contribution in [-0.4, -0.2) is 11.7 Å². The lowest BCUT2D eigenvalue weighted by Crippen LogP contribution is -2.09. The van der Waals surface area contributed by atoms with E-state index in [1.807, 2.05) is 0 Å². The summed E-state index contributed by atoms with van der Waals surface area (Å²) in [5.41, 5.74) is 5.81. The molecule has 0 aliphatic carbocycles. The van der Waals surface area contributed by atoms with E-state index in [-0.39, 0.29) is 5.56 Å². The van der Waals surface area contributed by atoms with Crippen molar-refractivity contribution in [2.24, 2.45) is 5.73 Å². The fraction of sp³-hybridized carbons (Fsp3) is 0.0769. The molecule has 92 valence electrons. The molecule has 0 aliphatic heterocycles. The molecule has 1 amide bonds. The maximum atomic E-state index is 13.5. The SMILES string of the molecule is Cc1cc(C(=O)c2ccccc2F)sc1C(N)=O. The van der Waals surface area contributed by atoms with E-state index in [9.17, 15) is 14.0 Å². The first-order valence-corrected chi connectivity index (χ1v) is 6.02. The average molecular weight is 263 g/mol. The summed E-state index contributed by atoms with van der Waals surface area (Å²) in [4.78, 5) is 23.8. The molecule has 0 aliphatic rings. The Balaban J connectivity index is 2.44. The lowest BCUT2D eigenvalue weighted by Gasteiger charge is -1.98. The van der Waals surface area contributed by atoms with E-state index in [4.69, 9.17) is 5.73 Å². The van der Waals surface area contributed by atoms with E-state index in [0.717, 1.165) is 11.3 Å². The predicted octanol–water partition coefficient (Wildman–Crippen LogP) is 2.53. The molecule has 0 saturated heterocycles. The number of benzene rings is 1. The van der Waals surface area contributed by atoms with Gasteiger partial charge < -0.3 is 5.73 Å². The molecule has 0 unspecified atom stereocenters. The Bertz CT molecular complexity index is 634. The maximum absolute atomic E-state index is 13.5. The van der Waals surface area contributed by atoms with Crippen molar-refractivity contribution in [2.75, 3.05) is 0 Å². The van der Waals surface area contributed by atoms with E-state index in [0.29, 0.717) is 15.3 Å². The van der Waals surface area contributed by atoms with Gasteiger partial charge in [-0.3, -0.25) is 9.59 Å². The minimum Gasteiger partial charge on any atom is -0.365 e. The summed E-state index contributed by atoms with van der Waals surface area (Å²) in [5, 5.41) is 0. The summed E-state index contributed by atoms with van der Waals surface area (Å²) in [6.45, 7) is 1.69. The summed E-state index contributed by atoms with van der Waals surface area (Å²) >= 11 is 0.988. The van der Waals surface area contributed by atoms with Gasteiger partial charge in [0, 0.05) is 0 Å². The average Bonchev–Trinajstić information content (AvgIpc) is 2.71. The molecular formula is C13H10FNO2S. The topological polar surface area (TPSA) is 60.2 Å². The van der Waals surface area contributed by atoms with Gasteiger partial charge in [0.2, 0.25) is 5.78 Å². The maximum Gasteiger partial charge on any atom is 0.259 e. The monoisotopic (exact) mass is 263 g/mol. The van der Waals surface area contributed by atoms with Crippen LogP contribution >= 0.6 is 11.3 Å². The molecule has 1 aromatic heterocycles. The van der Waals surface area contributed by atoms with Crippen molar-refractivity contribution in [2.45, 2.75) is 6.92 Å². The van der Waals surface area contributed by atoms with Crippen LogP contribution in [0.25, 0.3) is 0 Å². The molecule has 0 bridgehead atoms. The number of hydrogen-bond donors (Lipinski definition) is 1. The highest BCUT2D eigenvalue weighted by atomic mass is 32.1. The number of primary amides is 1. The minimum absolute atomic E-state index is 0.00484. The largest absolute Gasteiger partial charge is 0.365 e. The molecule has 2 aromatic rings. The van der Waals surface area contributed by atoms with Gasteiger partial charge in [0.25, 0.3) is 5.91 Å². The zero-order valence-corrected chi connectivity index (χ0v) is 10.4. The highest BCUT2D eigenvalue weighted by Gasteiger charge is 2.19. The van der Waals surface area contributed by atoms with Crippen LogP contribution in [-0.2, 0) is 0 Å². The fourth-order valence-electron chi connectivity index (χ4n) is 1.62. The molecule has 1 aromatic carbocycles. The smallest absolute Gasteiger partial charge is 0.259 e. The van der Waals surface area contributed by atoms with Gasteiger partial charge in [-0.1, -0.05) is 12.1 Å². The van der Waals surface area contributed by atoms with Crippen molar-refractivity contribution >= 4 is 23.0 Å². The summed E-state index contributed by atoms with van der Waals surface area (Å²) in [6, 6.07) is 7.30. The second-order valence-electron chi connectivity index (χ2n) is 3.80. The second-order valence-corrected chi connectivity index (χ2v) is 4.85. The van der Waals surface area contributed by atoms with Gasteiger partial charge in [-0.15, -0.1) is 11.3 Å². The third-order valence-electron chi connectivity index (χ3n) is 2.48. The fourth-order valence-corrected chi connectivity index (χ4v) is 2.60. The number of halogens is 1. The van der Waals surface area contributed by atoms with Crippen LogP contribution in [0.4, 0.5) is 4.39 Å². The van der Waals surface area contributed by atoms with Crippen LogP contribution in [0.2, 0.25) is 0 Å². The molecule has 0 radical (unpaired) electrons. The first kappa shape index (κ1) is 12.4. The van der Waals surface area contributed by atoms with E-state index < -0.39 is 17.5 Å². The van der Waals surface area contributed by atoms with Gasteiger partial charge in [-0.25, -0.2) is 4.39 Å². The van der Waals surface area contributed by atoms with Crippen LogP contribution in [0.15, 0.2) is 30.3 Å². The molecule has 5 heteroatoms. The van der Waals surface area contributed by atoms with Crippen molar-refractivity contribution in [3.05, 3.63) is 57.0 Å². The number of carbonyl (C=O) groups excluding carboxylic acids is 2. The Morgan fingerprint density at radius 1 is 1.28 bits per heavy atom. The number of hydrogen-bond acceptors (Lipinski definition) is 3. The summed E-state index contributed by atoms with van der Waals surface area (Å²) < 4.78 is 13.5. The van der Waals surface area contributed by atoms with E-state index in [1.54, 1.807) is 19.1 Å². The molecule has 2 N–H and O–H groups in total. The van der Waals surface area contributed by atoms with Gasteiger partial charge in [-0.2, -0.15) is 0 Å². The predicted molar refractivity (Wildman–Crippen MR) is 67.4 cm³/mol. The van der Waals surface area contributed by atoms with Crippen molar-refractivity contribution < 1.29 is 14.0 Å². The van der Waals surface area contributed by atoms with Crippen LogP contribution in [0.3, 0.4) is 0 Å². The zero-order valence-electron chi connectivity index (χ0n) is 9.57. The molecule has 0 fully saturated rings. The Labute approximate surface area is 107 Å². The number of thiophene rings is 1. The van der Waals surface area contributed by atoms with Gasteiger partial charge in [0.05, 0.1) is 15.3 Å². The first-order valence-electron chi connectivity index (χ1n) is 5.20. The Hall–Kier alpha value is -2.01. The number of carbonyl (C=O) groups is 2. The quantitative estimate of drug-likeness (QED) is 0.865. The molecule has 0 atom stereocenters. The lowest BCUT2D eigenvalue weighted by molar-refractivity contribution is 0.100. The van der Waals surface area contributed by atoms with Crippen LogP contribution in [0, 0.1) is 12.7 Å². The zero-order chi connectivity index (χ0) is 13.3. The van der Waals surface area contributed by atoms with Crippen molar-refractivity contribution in [1.82, 2.24) is 0 Å². The number of nitrogens with two attached hydrogens (primary N) is 1. The van der Waals surface area contributed by atoms with E-state index in [2.05, 4.69) is 0 Å². The highest BCUT2D eigenvalue weighted by Crippen LogP contribution is 2.24. The molecule has 0 spiro atoms. The van der Waals surface area contributed by atoms with Crippen molar-refractivity contribution in [1.29, 1.82) is 0 Å². The molecule has 1 heterocycles. The van der Waals surface area contributed by atoms with Crippen LogP contribution in [0.1, 0.15) is 30.5 Å². The number of rotatable bonds is 3. The lowest BCUT2D eigenvalue weighted by atomic mass is 10.1. The van der Waals surface area contributed by atoms with E-state index >= 15 is 0 Å². The Morgan fingerprint density at radius 2 is 1.94 bits per heavy atom. The third kappa shape index (κ3) is 2.17. The van der Waals surface area contributed by atoms with Gasteiger partial charge in [0.15, 0.2) is 0 Å². The highest BCUT2D eigenvalue weighted by molar-refractivity contribution is 7.16. The van der Waals surface area contributed by atoms with Gasteiger partial charge in [0.1, 0.15) is 5.82 Å². The van der Waals surface area contributed by atoms with Crippen molar-refractivity contribution in [3.63, 3.8) is 0 Å². The Morgan fingerprint density at radius 3 is 2.50 bits per heavy atom. The van der Waals surface area contributed by atoms with Crippen molar-refractivity contribution in [3.8, 4) is 0 Å². The molecule has 2 rings (SSSR count). The molecule has 0 saturated carbocycles. The van der Waals surface area contributed by atoms with E-state index in [1.165, 1.54) is 18.2 Å². The third-order valence-corrected chi connectivity index (χ3v) is 3.73. The molecule has 18 heavy (non-hydrogen) atoms. The number of ketones is 1. The number of amides is 1. The Kier molecular flexibility index (Phi) is 3.25. The van der Waals surface area contributed by atoms with Gasteiger partial charge >= 0.3 is 0 Å². The summed E-state index contributed by atoms with van der Waals surface area (Å²) in [7, 11) is 0. The second kappa shape index (κ2) is 4.70. The first-order chi connectivity index (χ1) is 8.50. The molecule has 3 nitrogen and oxygen atoms in total. The van der Waals surface area contributed by atoms with Gasteiger partial charge in [-0.05, 0) is 30.7 Å². The van der Waals surface area contributed by atoms with Crippen LogP contribution < -0.4 is 5.73 Å². The van der Waals surface area contributed by atoms with Crippen LogP contribution in [0.5, 0.6) is 0 Å².